The van der Waals surface area contributed by atoms with Crippen LogP contribution in [0.25, 0.3) is 12.2 Å². The molecule has 200 valence electrons. The van der Waals surface area contributed by atoms with Gasteiger partial charge in [0, 0.05) is 16.8 Å². The van der Waals surface area contributed by atoms with Gasteiger partial charge in [-0.15, -0.1) is 0 Å². The molecule has 0 unspecified atom stereocenters. The summed E-state index contributed by atoms with van der Waals surface area (Å²) in [4.78, 5) is 38.7. The van der Waals surface area contributed by atoms with Crippen LogP contribution < -0.4 is 15.4 Å². The summed E-state index contributed by atoms with van der Waals surface area (Å²) in [7, 11) is 1.59. The number of benzene rings is 4. The van der Waals surface area contributed by atoms with Gasteiger partial charge in [0.15, 0.2) is 5.78 Å². The Bertz CT molecular complexity index is 1580. The zero-order valence-electron chi connectivity index (χ0n) is 21.4. The molecule has 4 aromatic carbocycles. The molecule has 0 bridgehead atoms. The van der Waals surface area contributed by atoms with Crippen LogP contribution in [-0.4, -0.2) is 24.7 Å². The van der Waals surface area contributed by atoms with Crippen molar-refractivity contribution in [2.45, 2.75) is 0 Å². The number of rotatable bonds is 9. The molecule has 0 saturated heterocycles. The molecular formula is C32H24Cl2N2O4. The Morgan fingerprint density at radius 3 is 2.15 bits per heavy atom. The molecule has 0 atom stereocenters. The highest BCUT2D eigenvalue weighted by Crippen LogP contribution is 2.27. The van der Waals surface area contributed by atoms with E-state index in [-0.39, 0.29) is 16.5 Å². The van der Waals surface area contributed by atoms with Crippen LogP contribution in [0.2, 0.25) is 10.0 Å². The number of carbonyl (C=O) groups is 3. The molecule has 0 saturated carbocycles. The van der Waals surface area contributed by atoms with E-state index in [9.17, 15) is 14.4 Å². The molecule has 0 aliphatic heterocycles. The maximum Gasteiger partial charge on any atom is 0.272 e. The van der Waals surface area contributed by atoms with Crippen molar-refractivity contribution in [1.82, 2.24) is 5.32 Å². The maximum atomic E-state index is 13.2. The predicted octanol–water partition coefficient (Wildman–Crippen LogP) is 7.31. The minimum Gasteiger partial charge on any atom is -0.497 e. The second kappa shape index (κ2) is 13.4. The number of allylic oxidation sites excluding steroid dienone is 1. The van der Waals surface area contributed by atoms with E-state index in [1.54, 1.807) is 86.0 Å². The molecule has 4 rings (SSSR count). The van der Waals surface area contributed by atoms with Crippen molar-refractivity contribution < 1.29 is 19.1 Å². The molecule has 0 fully saturated rings. The Morgan fingerprint density at radius 2 is 1.48 bits per heavy atom. The standard InChI is InChI=1S/C32H24Cl2N2O4/c1-40-26-17-10-21(11-18-26)12-19-29(37)22-13-15-25(16-14-22)35-32(39)28(20-24-8-5-9-27(33)30(24)34)36-31(38)23-6-3-2-4-7-23/h2-20H,1H3,(H,35,39)(H,36,38)/b19-12+,28-20-. The van der Waals surface area contributed by atoms with Crippen molar-refractivity contribution in [1.29, 1.82) is 0 Å². The number of anilines is 1. The van der Waals surface area contributed by atoms with Gasteiger partial charge in [-0.2, -0.15) is 0 Å². The van der Waals surface area contributed by atoms with Gasteiger partial charge in [0.25, 0.3) is 11.8 Å². The lowest BCUT2D eigenvalue weighted by Crippen LogP contribution is -2.30. The Balaban J connectivity index is 1.50. The fraction of sp³-hybridized carbons (Fsp3) is 0.0312. The Morgan fingerprint density at radius 1 is 0.775 bits per heavy atom. The van der Waals surface area contributed by atoms with Crippen molar-refractivity contribution in [3.05, 3.63) is 141 Å². The van der Waals surface area contributed by atoms with Crippen molar-refractivity contribution in [2.24, 2.45) is 0 Å². The molecular weight excluding hydrogens is 547 g/mol. The lowest BCUT2D eigenvalue weighted by atomic mass is 10.1. The van der Waals surface area contributed by atoms with Crippen LogP contribution in [0.4, 0.5) is 5.69 Å². The van der Waals surface area contributed by atoms with E-state index in [4.69, 9.17) is 27.9 Å². The van der Waals surface area contributed by atoms with Crippen molar-refractivity contribution in [3.63, 3.8) is 0 Å². The monoisotopic (exact) mass is 570 g/mol. The first kappa shape index (κ1) is 28.4. The molecule has 2 amide bonds. The number of ether oxygens (including phenoxy) is 1. The van der Waals surface area contributed by atoms with Crippen LogP contribution in [0.1, 0.15) is 31.8 Å². The predicted molar refractivity (Wildman–Crippen MR) is 160 cm³/mol. The third-order valence-corrected chi connectivity index (χ3v) is 6.61. The van der Waals surface area contributed by atoms with Crippen molar-refractivity contribution >= 4 is 58.6 Å². The lowest BCUT2D eigenvalue weighted by Gasteiger charge is -2.12. The Hall–Kier alpha value is -4.65. The summed E-state index contributed by atoms with van der Waals surface area (Å²) in [6.07, 6.45) is 4.64. The van der Waals surface area contributed by atoms with Crippen LogP contribution in [0.5, 0.6) is 5.75 Å². The number of nitrogens with one attached hydrogen (secondary N) is 2. The zero-order valence-corrected chi connectivity index (χ0v) is 22.9. The van der Waals surface area contributed by atoms with Gasteiger partial charge in [-0.05, 0) is 77.9 Å². The molecule has 2 N–H and O–H groups in total. The fourth-order valence-electron chi connectivity index (χ4n) is 3.63. The van der Waals surface area contributed by atoms with Crippen LogP contribution >= 0.6 is 23.2 Å². The summed E-state index contributed by atoms with van der Waals surface area (Å²) < 4.78 is 5.14. The summed E-state index contributed by atoms with van der Waals surface area (Å²) in [5.74, 6) is -0.516. The van der Waals surface area contributed by atoms with Crippen LogP contribution in [0.15, 0.2) is 109 Å². The van der Waals surface area contributed by atoms with Crippen molar-refractivity contribution in [2.75, 3.05) is 12.4 Å². The summed E-state index contributed by atoms with van der Waals surface area (Å²) in [6.45, 7) is 0. The van der Waals surface area contributed by atoms with Crippen molar-refractivity contribution in [3.8, 4) is 5.75 Å². The molecule has 0 aliphatic rings. The molecule has 0 spiro atoms. The molecule has 40 heavy (non-hydrogen) atoms. The van der Waals surface area contributed by atoms with Gasteiger partial charge < -0.3 is 15.4 Å². The van der Waals surface area contributed by atoms with E-state index < -0.39 is 11.8 Å². The number of hydrogen-bond acceptors (Lipinski definition) is 4. The van der Waals surface area contributed by atoms with Gasteiger partial charge >= 0.3 is 0 Å². The summed E-state index contributed by atoms with van der Waals surface area (Å²) in [5.41, 5.74) is 2.52. The Kier molecular flexibility index (Phi) is 9.52. The second-order valence-electron chi connectivity index (χ2n) is 8.52. The normalized spacial score (nSPS) is 11.2. The van der Waals surface area contributed by atoms with E-state index in [1.165, 1.54) is 12.2 Å². The number of hydrogen-bond donors (Lipinski definition) is 2. The first-order chi connectivity index (χ1) is 19.3. The third kappa shape index (κ3) is 7.47. The lowest BCUT2D eigenvalue weighted by molar-refractivity contribution is -0.113. The quantitative estimate of drug-likeness (QED) is 0.163. The molecule has 6 nitrogen and oxygen atoms in total. The average Bonchev–Trinajstić information content (AvgIpc) is 2.98. The minimum atomic E-state index is -0.584. The molecule has 8 heteroatoms. The largest absolute Gasteiger partial charge is 0.497 e. The molecule has 4 aromatic rings. The average molecular weight is 571 g/mol. The van der Waals surface area contributed by atoms with Gasteiger partial charge in [0.2, 0.25) is 0 Å². The first-order valence-electron chi connectivity index (χ1n) is 12.1. The van der Waals surface area contributed by atoms with Gasteiger partial charge in [-0.3, -0.25) is 14.4 Å². The summed E-state index contributed by atoms with van der Waals surface area (Å²) in [6, 6.07) is 27.2. The van der Waals surface area contributed by atoms with Gasteiger partial charge in [-0.1, -0.05) is 71.7 Å². The molecule has 0 aromatic heterocycles. The highest BCUT2D eigenvalue weighted by molar-refractivity contribution is 6.43. The smallest absolute Gasteiger partial charge is 0.272 e. The SMILES string of the molecule is COc1ccc(/C=C/C(=O)c2ccc(NC(=O)/C(=C/c3cccc(Cl)c3Cl)NC(=O)c3ccccc3)cc2)cc1. The molecule has 0 radical (unpaired) electrons. The van der Waals surface area contributed by atoms with E-state index in [2.05, 4.69) is 10.6 Å². The number of ketones is 1. The number of amides is 2. The summed E-state index contributed by atoms with van der Waals surface area (Å²) in [5, 5.41) is 5.96. The van der Waals surface area contributed by atoms with Gasteiger partial charge in [0.05, 0.1) is 17.2 Å². The fourth-order valence-corrected chi connectivity index (χ4v) is 3.99. The number of methoxy groups -OCH3 is 1. The molecule has 0 heterocycles. The highest BCUT2D eigenvalue weighted by atomic mass is 35.5. The van der Waals surface area contributed by atoms with Gasteiger partial charge in [0.1, 0.15) is 11.4 Å². The van der Waals surface area contributed by atoms with Crippen LogP contribution in [-0.2, 0) is 4.79 Å². The number of halogens is 2. The zero-order chi connectivity index (χ0) is 28.5. The third-order valence-electron chi connectivity index (χ3n) is 5.78. The van der Waals surface area contributed by atoms with E-state index in [1.807, 2.05) is 24.3 Å². The van der Waals surface area contributed by atoms with Gasteiger partial charge in [-0.25, -0.2) is 0 Å². The molecule has 0 aliphatic carbocycles. The van der Waals surface area contributed by atoms with E-state index in [0.717, 1.165) is 11.3 Å². The van der Waals surface area contributed by atoms with Crippen LogP contribution in [0.3, 0.4) is 0 Å². The maximum absolute atomic E-state index is 13.2. The Labute approximate surface area is 241 Å². The first-order valence-corrected chi connectivity index (χ1v) is 12.9. The van der Waals surface area contributed by atoms with Crippen LogP contribution in [0, 0.1) is 0 Å². The highest BCUT2D eigenvalue weighted by Gasteiger charge is 2.16. The number of carbonyl (C=O) groups excluding carboxylic acids is 3. The van der Waals surface area contributed by atoms with E-state index in [0.29, 0.717) is 27.4 Å². The van der Waals surface area contributed by atoms with E-state index >= 15 is 0 Å². The second-order valence-corrected chi connectivity index (χ2v) is 9.31. The minimum absolute atomic E-state index is 0.0411. The topological polar surface area (TPSA) is 84.5 Å². The summed E-state index contributed by atoms with van der Waals surface area (Å²) >= 11 is 12.4.